The summed E-state index contributed by atoms with van der Waals surface area (Å²) in [6.07, 6.45) is 2.63. The van der Waals surface area contributed by atoms with Crippen LogP contribution in [0.2, 0.25) is 0 Å². The van der Waals surface area contributed by atoms with Crippen molar-refractivity contribution in [2.24, 2.45) is 5.73 Å². The second kappa shape index (κ2) is 5.72. The molecule has 0 saturated heterocycles. The molecule has 0 atom stereocenters. The van der Waals surface area contributed by atoms with Crippen LogP contribution in [0.15, 0.2) is 60.8 Å². The van der Waals surface area contributed by atoms with Crippen LogP contribution >= 0.6 is 0 Å². The highest BCUT2D eigenvalue weighted by atomic mass is 16.5. The number of nitrogens with zero attached hydrogens (tertiary/aromatic N) is 1. The quantitative estimate of drug-likeness (QED) is 0.784. The SMILES string of the molecule is NCCc1cccc(Oc2cccc3cccnc23)c1. The fraction of sp³-hybridized carbons (Fsp3) is 0.118. The summed E-state index contributed by atoms with van der Waals surface area (Å²) in [5, 5.41) is 1.07. The molecule has 0 radical (unpaired) electrons. The molecule has 0 saturated carbocycles. The number of rotatable bonds is 4. The van der Waals surface area contributed by atoms with Crippen molar-refractivity contribution in [3.63, 3.8) is 0 Å². The van der Waals surface area contributed by atoms with Crippen molar-refractivity contribution in [2.75, 3.05) is 6.54 Å². The summed E-state index contributed by atoms with van der Waals surface area (Å²) in [6.45, 7) is 0.638. The Hall–Kier alpha value is -2.39. The average molecular weight is 264 g/mol. The molecular weight excluding hydrogens is 248 g/mol. The van der Waals surface area contributed by atoms with Gasteiger partial charge in [0.15, 0.2) is 5.75 Å². The molecule has 2 N–H and O–H groups in total. The van der Waals surface area contributed by atoms with Gasteiger partial charge in [0, 0.05) is 11.6 Å². The van der Waals surface area contributed by atoms with Crippen LogP contribution in [0, 0.1) is 0 Å². The first-order chi connectivity index (χ1) is 9.86. The molecule has 3 nitrogen and oxygen atoms in total. The minimum Gasteiger partial charge on any atom is -0.455 e. The van der Waals surface area contributed by atoms with Gasteiger partial charge in [0.2, 0.25) is 0 Å². The standard InChI is InChI=1S/C17H16N2O/c18-10-9-13-4-1-7-15(12-13)20-16-8-2-5-14-6-3-11-19-17(14)16/h1-8,11-12H,9-10,18H2. The van der Waals surface area contributed by atoms with Crippen LogP contribution in [0.4, 0.5) is 0 Å². The summed E-state index contributed by atoms with van der Waals surface area (Å²) in [5.41, 5.74) is 7.64. The highest BCUT2D eigenvalue weighted by Crippen LogP contribution is 2.28. The fourth-order valence-corrected chi connectivity index (χ4v) is 2.22. The highest BCUT2D eigenvalue weighted by molar-refractivity contribution is 5.84. The Morgan fingerprint density at radius 2 is 1.85 bits per heavy atom. The second-order valence-corrected chi connectivity index (χ2v) is 4.62. The molecule has 0 fully saturated rings. The Morgan fingerprint density at radius 3 is 2.75 bits per heavy atom. The van der Waals surface area contributed by atoms with Gasteiger partial charge in [0.1, 0.15) is 11.3 Å². The van der Waals surface area contributed by atoms with Gasteiger partial charge in [0.05, 0.1) is 0 Å². The van der Waals surface area contributed by atoms with Gasteiger partial charge in [-0.3, -0.25) is 4.98 Å². The summed E-state index contributed by atoms with van der Waals surface area (Å²) in [7, 11) is 0. The molecule has 0 spiro atoms. The van der Waals surface area contributed by atoms with E-state index in [-0.39, 0.29) is 0 Å². The van der Waals surface area contributed by atoms with Crippen molar-refractivity contribution in [1.82, 2.24) is 4.98 Å². The molecule has 0 aliphatic heterocycles. The van der Waals surface area contributed by atoms with Crippen LogP contribution in [0.3, 0.4) is 0 Å². The molecule has 0 bridgehead atoms. The average Bonchev–Trinajstić information content (AvgIpc) is 2.48. The van der Waals surface area contributed by atoms with Gasteiger partial charge >= 0.3 is 0 Å². The molecule has 0 amide bonds. The van der Waals surface area contributed by atoms with E-state index in [1.54, 1.807) is 6.20 Å². The van der Waals surface area contributed by atoms with Crippen LogP contribution in [0.25, 0.3) is 10.9 Å². The molecule has 2 aromatic carbocycles. The molecule has 3 heteroatoms. The maximum absolute atomic E-state index is 5.98. The summed E-state index contributed by atoms with van der Waals surface area (Å²) in [5.74, 6) is 1.59. The second-order valence-electron chi connectivity index (χ2n) is 4.62. The first kappa shape index (κ1) is 12.6. The van der Waals surface area contributed by atoms with Crippen LogP contribution in [-0.2, 0) is 6.42 Å². The monoisotopic (exact) mass is 264 g/mol. The van der Waals surface area contributed by atoms with E-state index in [0.29, 0.717) is 6.54 Å². The molecule has 0 aliphatic carbocycles. The van der Waals surface area contributed by atoms with Gasteiger partial charge in [0.25, 0.3) is 0 Å². The van der Waals surface area contributed by atoms with E-state index >= 15 is 0 Å². The Balaban J connectivity index is 1.95. The number of ether oxygens (including phenoxy) is 1. The molecule has 3 aromatic rings. The number of para-hydroxylation sites is 1. The predicted molar refractivity (Wildman–Crippen MR) is 81.0 cm³/mol. The minimum atomic E-state index is 0.638. The van der Waals surface area contributed by atoms with Gasteiger partial charge < -0.3 is 10.5 Å². The molecular formula is C17H16N2O. The van der Waals surface area contributed by atoms with Gasteiger partial charge in [-0.25, -0.2) is 0 Å². The highest BCUT2D eigenvalue weighted by Gasteiger charge is 2.04. The van der Waals surface area contributed by atoms with Crippen LogP contribution in [0.1, 0.15) is 5.56 Å². The molecule has 0 aliphatic rings. The summed E-state index contributed by atoms with van der Waals surface area (Å²) < 4.78 is 5.98. The smallest absolute Gasteiger partial charge is 0.153 e. The normalized spacial score (nSPS) is 10.7. The number of fused-ring (bicyclic) bond motifs is 1. The molecule has 100 valence electrons. The van der Waals surface area contributed by atoms with E-state index < -0.39 is 0 Å². The van der Waals surface area contributed by atoms with Crippen molar-refractivity contribution in [3.05, 3.63) is 66.4 Å². The van der Waals surface area contributed by atoms with E-state index in [0.717, 1.165) is 28.8 Å². The van der Waals surface area contributed by atoms with Crippen molar-refractivity contribution in [2.45, 2.75) is 6.42 Å². The zero-order valence-corrected chi connectivity index (χ0v) is 11.1. The third kappa shape index (κ3) is 2.63. The van der Waals surface area contributed by atoms with Crippen LogP contribution in [-0.4, -0.2) is 11.5 Å². The minimum absolute atomic E-state index is 0.638. The molecule has 3 rings (SSSR count). The van der Waals surface area contributed by atoms with E-state index in [1.165, 1.54) is 5.56 Å². The number of pyridine rings is 1. The van der Waals surface area contributed by atoms with Gasteiger partial charge in [-0.2, -0.15) is 0 Å². The Bertz CT molecular complexity index is 720. The lowest BCUT2D eigenvalue weighted by molar-refractivity contribution is 0.486. The van der Waals surface area contributed by atoms with Crippen LogP contribution < -0.4 is 10.5 Å². The first-order valence-corrected chi connectivity index (χ1v) is 6.67. The third-order valence-corrected chi connectivity index (χ3v) is 3.15. The first-order valence-electron chi connectivity index (χ1n) is 6.67. The van der Waals surface area contributed by atoms with E-state index in [4.69, 9.17) is 10.5 Å². The van der Waals surface area contributed by atoms with E-state index in [2.05, 4.69) is 11.1 Å². The van der Waals surface area contributed by atoms with Gasteiger partial charge in [-0.15, -0.1) is 0 Å². The van der Waals surface area contributed by atoms with Crippen molar-refractivity contribution < 1.29 is 4.74 Å². The molecule has 1 aromatic heterocycles. The summed E-state index contributed by atoms with van der Waals surface area (Å²) in [4.78, 5) is 4.39. The predicted octanol–water partition coefficient (Wildman–Crippen LogP) is 3.53. The largest absolute Gasteiger partial charge is 0.455 e. The zero-order chi connectivity index (χ0) is 13.8. The Labute approximate surface area is 118 Å². The lowest BCUT2D eigenvalue weighted by Crippen LogP contribution is -2.02. The molecule has 0 unspecified atom stereocenters. The van der Waals surface area contributed by atoms with Crippen LogP contribution in [0.5, 0.6) is 11.5 Å². The number of hydrogen-bond donors (Lipinski definition) is 1. The van der Waals surface area contributed by atoms with Gasteiger partial charge in [-0.05, 0) is 42.8 Å². The maximum atomic E-state index is 5.98. The van der Waals surface area contributed by atoms with Crippen molar-refractivity contribution >= 4 is 10.9 Å². The van der Waals surface area contributed by atoms with Crippen molar-refractivity contribution in [3.8, 4) is 11.5 Å². The molecule has 1 heterocycles. The van der Waals surface area contributed by atoms with Gasteiger partial charge in [-0.1, -0.05) is 30.3 Å². The van der Waals surface area contributed by atoms with E-state index in [9.17, 15) is 0 Å². The lowest BCUT2D eigenvalue weighted by Gasteiger charge is -2.09. The molecule has 20 heavy (non-hydrogen) atoms. The summed E-state index contributed by atoms with van der Waals surface area (Å²) >= 11 is 0. The lowest BCUT2D eigenvalue weighted by atomic mass is 10.1. The number of aromatic nitrogens is 1. The number of nitrogens with two attached hydrogens (primary N) is 1. The Morgan fingerprint density at radius 1 is 1.00 bits per heavy atom. The van der Waals surface area contributed by atoms with E-state index in [1.807, 2.05) is 48.5 Å². The third-order valence-electron chi connectivity index (χ3n) is 3.15. The number of benzene rings is 2. The topological polar surface area (TPSA) is 48.1 Å². The maximum Gasteiger partial charge on any atom is 0.153 e. The fourth-order valence-electron chi connectivity index (χ4n) is 2.22. The Kier molecular flexibility index (Phi) is 3.61. The van der Waals surface area contributed by atoms with Crippen molar-refractivity contribution in [1.29, 1.82) is 0 Å². The zero-order valence-electron chi connectivity index (χ0n) is 11.1. The number of hydrogen-bond acceptors (Lipinski definition) is 3. The summed E-state index contributed by atoms with van der Waals surface area (Å²) in [6, 6.07) is 17.9.